The molecule has 5 N–H and O–H groups in total. The first-order valence-corrected chi connectivity index (χ1v) is 25.4. The van der Waals surface area contributed by atoms with Crippen LogP contribution in [0.15, 0.2) is 63.3 Å². The highest BCUT2D eigenvalue weighted by molar-refractivity contribution is 6.04. The number of rotatable bonds is 17. The summed E-state index contributed by atoms with van der Waals surface area (Å²) in [6.45, 7) is 15.5. The highest BCUT2D eigenvalue weighted by Gasteiger charge is 2.59. The van der Waals surface area contributed by atoms with E-state index in [-0.39, 0.29) is 53.3 Å². The molecule has 0 spiro atoms. The number of aromatic hydroxyl groups is 1. The van der Waals surface area contributed by atoms with E-state index in [9.17, 15) is 33.1 Å². The smallest absolute Gasteiger partial charge is 0.251 e. The molecule has 3 saturated carbocycles. The number of carbonyl (C=O) groups excluding carboxylic acids is 3. The lowest BCUT2D eigenvalue weighted by molar-refractivity contribution is -0.121. The van der Waals surface area contributed by atoms with E-state index in [1.54, 1.807) is 24.6 Å². The van der Waals surface area contributed by atoms with Gasteiger partial charge in [0.15, 0.2) is 17.4 Å². The van der Waals surface area contributed by atoms with Crippen LogP contribution in [0, 0.1) is 64.9 Å². The Bertz CT molecular complexity index is 2590. The van der Waals surface area contributed by atoms with Gasteiger partial charge in [-0.2, -0.15) is 0 Å². The van der Waals surface area contributed by atoms with Crippen LogP contribution in [0.5, 0.6) is 5.75 Å². The fraction of sp³-hybridized carbons (Fsp3) is 0.571. The first-order chi connectivity index (χ1) is 32.5. The summed E-state index contributed by atoms with van der Waals surface area (Å²) in [7, 11) is 0. The van der Waals surface area contributed by atoms with E-state index >= 15 is 0 Å². The van der Waals surface area contributed by atoms with Gasteiger partial charge in [-0.25, -0.2) is 8.78 Å². The molecule has 10 nitrogen and oxygen atoms in total. The summed E-state index contributed by atoms with van der Waals surface area (Å²) < 4.78 is 34.9. The van der Waals surface area contributed by atoms with Crippen molar-refractivity contribution in [3.8, 4) is 28.2 Å². The van der Waals surface area contributed by atoms with Gasteiger partial charge in [0, 0.05) is 59.8 Å². The van der Waals surface area contributed by atoms with Crippen LogP contribution >= 0.6 is 0 Å². The number of phenolic OH excluding ortho intramolecular Hbond substituents is 1. The van der Waals surface area contributed by atoms with Gasteiger partial charge in [0.25, 0.3) is 5.91 Å². The van der Waals surface area contributed by atoms with Crippen molar-refractivity contribution in [1.29, 1.82) is 0 Å². The van der Waals surface area contributed by atoms with Gasteiger partial charge in [0.05, 0.1) is 6.54 Å². The van der Waals surface area contributed by atoms with Crippen LogP contribution in [0.4, 0.5) is 8.78 Å². The molecule has 3 unspecified atom stereocenters. The molecule has 8 atom stereocenters. The minimum atomic E-state index is -1.01. The monoisotopic (exact) mass is 935 g/mol. The van der Waals surface area contributed by atoms with Gasteiger partial charge in [-0.15, -0.1) is 0 Å². The molecule has 8 rings (SSSR count). The Balaban J connectivity index is 0.740. The second-order valence-corrected chi connectivity index (χ2v) is 21.8. The van der Waals surface area contributed by atoms with Gasteiger partial charge < -0.3 is 30.8 Å². The van der Waals surface area contributed by atoms with E-state index in [0.717, 1.165) is 79.2 Å². The van der Waals surface area contributed by atoms with Crippen LogP contribution in [-0.2, 0) is 9.59 Å². The number of amides is 3. The maximum atomic E-state index is 14.6. The maximum absolute atomic E-state index is 14.6. The molecule has 6 aliphatic rings. The van der Waals surface area contributed by atoms with Crippen molar-refractivity contribution in [1.82, 2.24) is 21.3 Å². The predicted octanol–water partition coefficient (Wildman–Crippen LogP) is 10.6. The Labute approximate surface area is 400 Å². The van der Waals surface area contributed by atoms with Crippen LogP contribution in [0.2, 0.25) is 0 Å². The Morgan fingerprint density at radius 2 is 1.63 bits per heavy atom. The average molecular weight is 935 g/mol. The van der Waals surface area contributed by atoms with E-state index in [0.29, 0.717) is 40.1 Å². The standard InChI is InChI=1S/C56H72F2N4O6/c1-32(2)9-7-10-33(3)42-15-16-43-39-14-12-36-26-37(17-20-55(36,5)44(39)18-21-56(42,43)6)59-22-8-23-60-51(65)19-24-61-52(66)31-62-54(67)35-11-13-38(34(4)25-35)53-40-27-45(57)47(63)29-49(40)68-50-30-48(64)46(58)28-41(50)53/h11-13,25,27-30,32-33,37,39,42-44,59,63H,7-10,14-24,26,31H2,1-6H3,(H,60,65)(H,61,66)(H,62,67)/t33-,37+,39?,42-,43?,44?,55+,56-/m1/s1. The largest absolute Gasteiger partial charge is 0.505 e. The molecule has 1 aliphatic heterocycles. The molecule has 0 aromatic heterocycles. The first kappa shape index (κ1) is 49.3. The molecule has 68 heavy (non-hydrogen) atoms. The number of halogens is 2. The number of fused-ring (bicyclic) bond motifs is 7. The Hall–Kier alpha value is -5.10. The Morgan fingerprint density at radius 3 is 2.41 bits per heavy atom. The van der Waals surface area contributed by atoms with Crippen molar-refractivity contribution in [2.24, 2.45) is 46.3 Å². The van der Waals surface area contributed by atoms with Gasteiger partial charge >= 0.3 is 0 Å². The predicted molar refractivity (Wildman–Crippen MR) is 263 cm³/mol. The molecule has 3 fully saturated rings. The van der Waals surface area contributed by atoms with Crippen molar-refractivity contribution in [2.45, 2.75) is 131 Å². The lowest BCUT2D eigenvalue weighted by Crippen LogP contribution is -2.51. The first-order valence-electron chi connectivity index (χ1n) is 25.4. The number of phenols is 1. The normalized spacial score (nSPS) is 25.9. The third-order valence-corrected chi connectivity index (χ3v) is 17.1. The molecule has 0 radical (unpaired) electrons. The highest BCUT2D eigenvalue weighted by atomic mass is 19.1. The summed E-state index contributed by atoms with van der Waals surface area (Å²) in [5.41, 5.74) is 3.59. The number of hydrogen-bond acceptors (Lipinski definition) is 7. The summed E-state index contributed by atoms with van der Waals surface area (Å²) in [5.74, 6) is 1.39. The van der Waals surface area contributed by atoms with Crippen LogP contribution in [-0.4, -0.2) is 55.0 Å². The summed E-state index contributed by atoms with van der Waals surface area (Å²) in [6.07, 6.45) is 18.2. The molecule has 1 heterocycles. The lowest BCUT2D eigenvalue weighted by Gasteiger charge is -2.58. The minimum Gasteiger partial charge on any atom is -0.505 e. The quantitative estimate of drug-likeness (QED) is 0.0402. The Morgan fingerprint density at radius 1 is 0.838 bits per heavy atom. The number of aryl methyl sites for hydroxylation is 1. The van der Waals surface area contributed by atoms with Crippen LogP contribution < -0.4 is 26.7 Å². The zero-order valence-electron chi connectivity index (χ0n) is 40.9. The molecule has 2 aromatic rings. The van der Waals surface area contributed by atoms with Crippen molar-refractivity contribution in [3.05, 3.63) is 87.1 Å². The molecular formula is C56H72F2N4O6. The average Bonchev–Trinajstić information content (AvgIpc) is 3.66. The fourth-order valence-electron chi connectivity index (χ4n) is 13.5. The third-order valence-electron chi connectivity index (χ3n) is 17.1. The van der Waals surface area contributed by atoms with Crippen molar-refractivity contribution < 1.29 is 32.7 Å². The molecule has 5 aliphatic carbocycles. The number of allylic oxidation sites excluding steroid dienone is 1. The van der Waals surface area contributed by atoms with E-state index in [2.05, 4.69) is 62.0 Å². The molecule has 12 heteroatoms. The van der Waals surface area contributed by atoms with Crippen LogP contribution in [0.1, 0.15) is 134 Å². The fourth-order valence-corrected chi connectivity index (χ4v) is 13.5. The molecule has 0 saturated heterocycles. The SMILES string of the molecule is Cc1cc(C(=O)NCC(=O)NCCC(=O)NCCCN[C@H]2CC[C@@]3(C)C(=CCC4C3CC[C@@]3(C)C4CC[C@@H]3[C@H](C)CCCC(C)C)C2)ccc1-c1c2cc(F)c(=O)cc-2oc2cc(O)c(F)cc12. The summed E-state index contributed by atoms with van der Waals surface area (Å²) >= 11 is 0. The molecule has 2 aromatic carbocycles. The third kappa shape index (κ3) is 10.1. The summed E-state index contributed by atoms with van der Waals surface area (Å²) in [4.78, 5) is 50.4. The minimum absolute atomic E-state index is 0.0411. The van der Waals surface area contributed by atoms with Crippen molar-refractivity contribution in [2.75, 3.05) is 26.2 Å². The molecule has 366 valence electrons. The topological polar surface area (TPSA) is 150 Å². The van der Waals surface area contributed by atoms with E-state index < -0.39 is 34.6 Å². The number of nitrogens with one attached hydrogen (secondary N) is 4. The zero-order valence-corrected chi connectivity index (χ0v) is 40.9. The molecule has 0 bridgehead atoms. The second kappa shape index (κ2) is 20.5. The Kier molecular flexibility index (Phi) is 14.8. The van der Waals surface area contributed by atoms with Gasteiger partial charge in [-0.05, 0) is 153 Å². The van der Waals surface area contributed by atoms with Crippen molar-refractivity contribution >= 4 is 28.7 Å². The lowest BCUT2D eigenvalue weighted by atomic mass is 9.47. The maximum Gasteiger partial charge on any atom is 0.251 e. The highest BCUT2D eigenvalue weighted by Crippen LogP contribution is 2.67. The van der Waals surface area contributed by atoms with E-state index in [1.807, 2.05) is 0 Å². The zero-order chi connectivity index (χ0) is 48.5. The van der Waals surface area contributed by atoms with Gasteiger partial charge in [-0.1, -0.05) is 71.6 Å². The molecular weight excluding hydrogens is 863 g/mol. The van der Waals surface area contributed by atoms with Crippen LogP contribution in [0.3, 0.4) is 0 Å². The second-order valence-electron chi connectivity index (χ2n) is 21.8. The van der Waals surface area contributed by atoms with E-state index in [4.69, 9.17) is 4.42 Å². The number of carbonyl (C=O) groups is 3. The summed E-state index contributed by atoms with van der Waals surface area (Å²) in [6, 6.07) is 9.35. The molecule has 3 amide bonds. The van der Waals surface area contributed by atoms with Crippen molar-refractivity contribution in [3.63, 3.8) is 0 Å². The van der Waals surface area contributed by atoms with Gasteiger partial charge in [0.1, 0.15) is 11.3 Å². The summed E-state index contributed by atoms with van der Waals surface area (Å²) in [5, 5.41) is 22.3. The van der Waals surface area contributed by atoms with Gasteiger partial charge in [0.2, 0.25) is 17.2 Å². The van der Waals surface area contributed by atoms with Crippen LogP contribution in [0.25, 0.3) is 33.4 Å². The van der Waals surface area contributed by atoms with Gasteiger partial charge in [-0.3, -0.25) is 19.2 Å². The number of benzene rings is 3. The van der Waals surface area contributed by atoms with E-state index in [1.165, 1.54) is 70.3 Å². The number of hydrogen-bond donors (Lipinski definition) is 5.